The Labute approximate surface area is 355 Å². The molecule has 1 aliphatic carbocycles. The van der Waals surface area contributed by atoms with E-state index < -0.39 is 0 Å². The van der Waals surface area contributed by atoms with Gasteiger partial charge in [0.15, 0.2) is 0 Å². The average molecular weight is 780 g/mol. The number of hydrogen-bond acceptors (Lipinski definition) is 2. The van der Waals surface area contributed by atoms with Gasteiger partial charge < -0.3 is 9.32 Å². The van der Waals surface area contributed by atoms with Crippen molar-refractivity contribution in [1.29, 1.82) is 0 Å². The molecule has 1 heterocycles. The minimum atomic E-state index is -0.237. The molecule has 288 valence electrons. The first kappa shape index (κ1) is 35.3. The van der Waals surface area contributed by atoms with Crippen LogP contribution in [0.3, 0.4) is 0 Å². The van der Waals surface area contributed by atoms with Crippen LogP contribution in [-0.4, -0.2) is 0 Å². The van der Waals surface area contributed by atoms with Gasteiger partial charge in [-0.25, -0.2) is 0 Å². The monoisotopic (exact) mass is 779 g/mol. The Balaban J connectivity index is 0.956. The highest BCUT2D eigenvalue weighted by Crippen LogP contribution is 2.52. The molecule has 0 atom stereocenters. The van der Waals surface area contributed by atoms with Crippen molar-refractivity contribution in [2.45, 2.75) is 19.3 Å². The Kier molecular flexibility index (Phi) is 7.92. The normalized spacial score (nSPS) is 12.9. The number of anilines is 3. The number of furan rings is 1. The van der Waals surface area contributed by atoms with Crippen molar-refractivity contribution in [3.05, 3.63) is 223 Å². The van der Waals surface area contributed by atoms with E-state index in [4.69, 9.17) is 4.42 Å². The largest absolute Gasteiger partial charge is 0.455 e. The van der Waals surface area contributed by atoms with Crippen LogP contribution in [0, 0.1) is 0 Å². The minimum absolute atomic E-state index is 0.237. The van der Waals surface area contributed by atoms with Crippen molar-refractivity contribution < 1.29 is 4.42 Å². The lowest BCUT2D eigenvalue weighted by atomic mass is 9.81. The molecule has 0 unspecified atom stereocenters. The van der Waals surface area contributed by atoms with Gasteiger partial charge in [-0.05, 0) is 115 Å². The predicted molar refractivity (Wildman–Crippen MR) is 257 cm³/mol. The van der Waals surface area contributed by atoms with Gasteiger partial charge >= 0.3 is 0 Å². The topological polar surface area (TPSA) is 16.4 Å². The second kappa shape index (κ2) is 13.7. The second-order valence-electron chi connectivity index (χ2n) is 16.9. The molecule has 0 saturated carbocycles. The molecule has 10 aromatic carbocycles. The number of hydrogen-bond donors (Lipinski definition) is 0. The molecular weight excluding hydrogens is 739 g/mol. The lowest BCUT2D eigenvalue weighted by Crippen LogP contribution is -2.17. The third-order valence-electron chi connectivity index (χ3n) is 13.1. The van der Waals surface area contributed by atoms with Crippen LogP contribution in [0.25, 0.3) is 88.0 Å². The number of fused-ring (bicyclic) bond motifs is 9. The minimum Gasteiger partial charge on any atom is -0.455 e. The van der Waals surface area contributed by atoms with Gasteiger partial charge in [0.1, 0.15) is 11.2 Å². The molecule has 2 heteroatoms. The Morgan fingerprint density at radius 1 is 0.361 bits per heavy atom. The predicted octanol–water partition coefficient (Wildman–Crippen LogP) is 16.7. The van der Waals surface area contributed by atoms with E-state index in [9.17, 15) is 0 Å². The summed E-state index contributed by atoms with van der Waals surface area (Å²) in [6, 6.07) is 77.4. The van der Waals surface area contributed by atoms with Gasteiger partial charge in [0, 0.05) is 38.3 Å². The van der Waals surface area contributed by atoms with Crippen LogP contribution in [0.15, 0.2) is 217 Å². The fourth-order valence-corrected chi connectivity index (χ4v) is 9.94. The van der Waals surface area contributed by atoms with Gasteiger partial charge in [0.2, 0.25) is 0 Å². The van der Waals surface area contributed by atoms with Gasteiger partial charge in [0.25, 0.3) is 0 Å². The summed E-state index contributed by atoms with van der Waals surface area (Å²) in [7, 11) is 0. The van der Waals surface area contributed by atoms with Crippen molar-refractivity contribution in [3.63, 3.8) is 0 Å². The van der Waals surface area contributed by atoms with E-state index in [0.717, 1.165) is 44.4 Å². The van der Waals surface area contributed by atoms with Crippen LogP contribution in [-0.2, 0) is 5.41 Å². The zero-order valence-electron chi connectivity index (χ0n) is 34.1. The SMILES string of the molecule is CC1(C)c2cc(-c3cc4c5ccccc5oc4c4ccccc34)ccc2-c2ccc(N(c3ccc(-c4ccc(-c5ccccc5)cc4)cc3)c3cccc4ccccc34)cc21. The molecule has 0 aliphatic heterocycles. The van der Waals surface area contributed by atoms with Crippen molar-refractivity contribution in [2.75, 3.05) is 4.90 Å². The molecule has 1 aromatic heterocycles. The second-order valence-corrected chi connectivity index (χ2v) is 16.9. The fourth-order valence-electron chi connectivity index (χ4n) is 9.94. The van der Waals surface area contributed by atoms with Gasteiger partial charge in [0.05, 0.1) is 5.69 Å². The zero-order chi connectivity index (χ0) is 40.7. The molecule has 0 saturated heterocycles. The summed E-state index contributed by atoms with van der Waals surface area (Å²) >= 11 is 0. The van der Waals surface area contributed by atoms with Crippen molar-refractivity contribution in [1.82, 2.24) is 0 Å². The van der Waals surface area contributed by atoms with Crippen molar-refractivity contribution >= 4 is 60.5 Å². The maximum absolute atomic E-state index is 6.46. The first-order chi connectivity index (χ1) is 30.0. The fraction of sp³-hybridized carbons (Fsp3) is 0.0508. The molecule has 0 spiro atoms. The number of para-hydroxylation sites is 1. The van der Waals surface area contributed by atoms with Crippen LogP contribution < -0.4 is 4.90 Å². The van der Waals surface area contributed by atoms with Crippen LogP contribution in [0.1, 0.15) is 25.0 Å². The van der Waals surface area contributed by atoms with E-state index in [1.807, 2.05) is 6.07 Å². The van der Waals surface area contributed by atoms with Crippen molar-refractivity contribution in [3.8, 4) is 44.5 Å². The molecule has 0 fully saturated rings. The molecule has 11 aromatic rings. The number of benzene rings is 10. The van der Waals surface area contributed by atoms with E-state index in [0.29, 0.717) is 0 Å². The lowest BCUT2D eigenvalue weighted by Gasteiger charge is -2.29. The van der Waals surface area contributed by atoms with E-state index >= 15 is 0 Å². The van der Waals surface area contributed by atoms with Crippen LogP contribution in [0.2, 0.25) is 0 Å². The zero-order valence-corrected chi connectivity index (χ0v) is 34.1. The maximum Gasteiger partial charge on any atom is 0.143 e. The highest BCUT2D eigenvalue weighted by Gasteiger charge is 2.36. The first-order valence-corrected chi connectivity index (χ1v) is 21.2. The highest BCUT2D eigenvalue weighted by molar-refractivity contribution is 6.19. The summed E-state index contributed by atoms with van der Waals surface area (Å²) in [5, 5.41) is 7.07. The molecule has 0 N–H and O–H groups in total. The van der Waals surface area contributed by atoms with Crippen molar-refractivity contribution in [2.24, 2.45) is 0 Å². The van der Waals surface area contributed by atoms with E-state index in [2.05, 4.69) is 225 Å². The van der Waals surface area contributed by atoms with Crippen LogP contribution in [0.5, 0.6) is 0 Å². The maximum atomic E-state index is 6.46. The Hall–Kier alpha value is -7.68. The molecule has 0 bridgehead atoms. The average Bonchev–Trinajstić information content (AvgIpc) is 3.81. The smallest absolute Gasteiger partial charge is 0.143 e. The number of rotatable bonds is 6. The highest BCUT2D eigenvalue weighted by atomic mass is 16.3. The molecule has 12 rings (SSSR count). The summed E-state index contributed by atoms with van der Waals surface area (Å²) in [4.78, 5) is 2.44. The van der Waals surface area contributed by atoms with Crippen LogP contribution in [0.4, 0.5) is 17.1 Å². The first-order valence-electron chi connectivity index (χ1n) is 21.2. The summed E-state index contributed by atoms with van der Waals surface area (Å²) < 4.78 is 6.46. The molecule has 2 nitrogen and oxygen atoms in total. The number of nitrogens with zero attached hydrogens (tertiary/aromatic N) is 1. The lowest BCUT2D eigenvalue weighted by molar-refractivity contribution is 0.660. The van der Waals surface area contributed by atoms with E-state index in [-0.39, 0.29) is 5.41 Å². The Morgan fingerprint density at radius 2 is 0.902 bits per heavy atom. The van der Waals surface area contributed by atoms with Gasteiger partial charge in [-0.3, -0.25) is 0 Å². The molecule has 1 aliphatic rings. The quantitative estimate of drug-likeness (QED) is 0.167. The third-order valence-corrected chi connectivity index (χ3v) is 13.1. The van der Waals surface area contributed by atoms with E-state index in [1.54, 1.807) is 0 Å². The summed E-state index contributed by atoms with van der Waals surface area (Å²) in [5.74, 6) is 0. The molecule has 0 radical (unpaired) electrons. The van der Waals surface area contributed by atoms with Crippen LogP contribution >= 0.6 is 0 Å². The third kappa shape index (κ3) is 5.64. The summed E-state index contributed by atoms with van der Waals surface area (Å²) in [6.45, 7) is 4.77. The Morgan fingerprint density at radius 3 is 1.66 bits per heavy atom. The summed E-state index contributed by atoms with van der Waals surface area (Å²) in [6.07, 6.45) is 0. The summed E-state index contributed by atoms with van der Waals surface area (Å²) in [5.41, 5.74) is 17.6. The molecular formula is C59H41NO. The Bertz CT molecular complexity index is 3480. The molecule has 61 heavy (non-hydrogen) atoms. The van der Waals surface area contributed by atoms with E-state index in [1.165, 1.54) is 71.8 Å². The van der Waals surface area contributed by atoms with Gasteiger partial charge in [-0.2, -0.15) is 0 Å². The van der Waals surface area contributed by atoms with Gasteiger partial charge in [-0.15, -0.1) is 0 Å². The molecule has 0 amide bonds. The standard InChI is InChI=1S/C59H41NO/c1-59(2)54-35-43(52-37-53-50-19-10-11-22-57(50)61-58(53)51-20-9-8-18-47(51)52)29-33-48(54)49-34-32-45(36-55(49)59)60(56-21-12-16-42-15-6-7-17-46(42)56)44-30-27-41(28-31-44)40-25-23-39(24-26-40)38-13-4-3-5-14-38/h3-37H,1-2H3. The van der Waals surface area contributed by atoms with Gasteiger partial charge in [-0.1, -0.05) is 178 Å².